The lowest BCUT2D eigenvalue weighted by Gasteiger charge is -2.26. The maximum Gasteiger partial charge on any atom is 0.318 e. The van der Waals surface area contributed by atoms with Crippen molar-refractivity contribution >= 4 is 29.2 Å². The second-order valence-electron chi connectivity index (χ2n) is 4.69. The fourth-order valence-corrected chi connectivity index (χ4v) is 2.49. The molecule has 1 aromatic heterocycles. The van der Waals surface area contributed by atoms with Crippen molar-refractivity contribution in [2.45, 2.75) is 19.5 Å². The van der Waals surface area contributed by atoms with Crippen LogP contribution in [0.4, 0.5) is 4.79 Å². The van der Waals surface area contributed by atoms with E-state index in [1.807, 2.05) is 13.0 Å². The quantitative estimate of drug-likeness (QED) is 0.899. The fourth-order valence-electron chi connectivity index (χ4n) is 1.93. The monoisotopic (exact) mass is 326 g/mol. The van der Waals surface area contributed by atoms with Crippen molar-refractivity contribution in [2.24, 2.45) is 0 Å². The van der Waals surface area contributed by atoms with Gasteiger partial charge in [0.05, 0.1) is 18.8 Å². The van der Waals surface area contributed by atoms with Crippen LogP contribution < -0.4 is 5.32 Å². The van der Waals surface area contributed by atoms with Gasteiger partial charge in [-0.1, -0.05) is 29.3 Å². The van der Waals surface area contributed by atoms with E-state index in [0.29, 0.717) is 22.4 Å². The number of halogens is 2. The lowest BCUT2D eigenvalue weighted by Crippen LogP contribution is -2.38. The molecule has 0 unspecified atom stereocenters. The third-order valence-corrected chi connectivity index (χ3v) is 3.87. The summed E-state index contributed by atoms with van der Waals surface area (Å²) >= 11 is 12.1. The molecule has 0 aliphatic rings. The predicted molar refractivity (Wildman–Crippen MR) is 83.6 cm³/mol. The molecule has 2 amide bonds. The van der Waals surface area contributed by atoms with Crippen molar-refractivity contribution in [2.75, 3.05) is 7.05 Å². The number of benzene rings is 1. The number of nitrogens with zero attached hydrogens (tertiary/aromatic N) is 1. The zero-order valence-corrected chi connectivity index (χ0v) is 13.3. The molecule has 2 aromatic rings. The molecule has 1 N–H and O–H groups in total. The highest BCUT2D eigenvalue weighted by atomic mass is 35.5. The molecular weight excluding hydrogens is 311 g/mol. The minimum Gasteiger partial charge on any atom is -0.467 e. The standard InChI is InChI=1S/C15H16Cl2N2O2/c1-10(13-6-5-11(16)8-14(13)17)19(2)15(20)18-9-12-4-3-7-21-12/h3-8,10H,9H2,1-2H3,(H,18,20)/t10-/m1/s1. The Bertz CT molecular complexity index is 614. The van der Waals surface area contributed by atoms with Gasteiger partial charge < -0.3 is 14.6 Å². The molecule has 1 aromatic carbocycles. The Morgan fingerprint density at radius 3 is 2.76 bits per heavy atom. The van der Waals surface area contributed by atoms with Gasteiger partial charge in [0.1, 0.15) is 5.76 Å². The average Bonchev–Trinajstić information content (AvgIpc) is 2.96. The molecular formula is C15H16Cl2N2O2. The highest BCUT2D eigenvalue weighted by molar-refractivity contribution is 6.35. The normalized spacial score (nSPS) is 12.0. The molecule has 1 heterocycles. The van der Waals surface area contributed by atoms with Crippen LogP contribution in [0.3, 0.4) is 0 Å². The number of furan rings is 1. The van der Waals surface area contributed by atoms with Gasteiger partial charge in [0.15, 0.2) is 0 Å². The molecule has 0 radical (unpaired) electrons. The van der Waals surface area contributed by atoms with Crippen molar-refractivity contribution < 1.29 is 9.21 Å². The molecule has 2 rings (SSSR count). The molecule has 0 saturated carbocycles. The molecule has 0 fully saturated rings. The lowest BCUT2D eigenvalue weighted by molar-refractivity contribution is 0.193. The Balaban J connectivity index is 2.00. The Morgan fingerprint density at radius 2 is 2.14 bits per heavy atom. The summed E-state index contributed by atoms with van der Waals surface area (Å²) in [7, 11) is 1.72. The second-order valence-corrected chi connectivity index (χ2v) is 5.53. The summed E-state index contributed by atoms with van der Waals surface area (Å²) in [6, 6.07) is 8.46. The van der Waals surface area contributed by atoms with E-state index in [2.05, 4.69) is 5.32 Å². The van der Waals surface area contributed by atoms with Crippen molar-refractivity contribution in [3.8, 4) is 0 Å². The van der Waals surface area contributed by atoms with E-state index in [4.69, 9.17) is 27.6 Å². The molecule has 0 aliphatic carbocycles. The van der Waals surface area contributed by atoms with Crippen LogP contribution in [-0.4, -0.2) is 18.0 Å². The van der Waals surface area contributed by atoms with Gasteiger partial charge in [0.2, 0.25) is 0 Å². The van der Waals surface area contributed by atoms with Gasteiger partial charge in [-0.3, -0.25) is 0 Å². The number of hydrogen-bond donors (Lipinski definition) is 1. The van der Waals surface area contributed by atoms with E-state index in [0.717, 1.165) is 5.56 Å². The van der Waals surface area contributed by atoms with Crippen LogP contribution in [0.5, 0.6) is 0 Å². The van der Waals surface area contributed by atoms with E-state index in [9.17, 15) is 4.79 Å². The van der Waals surface area contributed by atoms with Gasteiger partial charge in [-0.25, -0.2) is 4.79 Å². The molecule has 112 valence electrons. The molecule has 4 nitrogen and oxygen atoms in total. The van der Waals surface area contributed by atoms with Crippen LogP contribution in [0.2, 0.25) is 10.0 Å². The van der Waals surface area contributed by atoms with Gasteiger partial charge in [-0.15, -0.1) is 0 Å². The number of carbonyl (C=O) groups is 1. The first-order chi connectivity index (χ1) is 9.99. The fraction of sp³-hybridized carbons (Fsp3) is 0.267. The van der Waals surface area contributed by atoms with E-state index >= 15 is 0 Å². The smallest absolute Gasteiger partial charge is 0.318 e. The molecule has 21 heavy (non-hydrogen) atoms. The first kappa shape index (κ1) is 15.7. The number of nitrogens with one attached hydrogen (secondary N) is 1. The summed E-state index contributed by atoms with van der Waals surface area (Å²) in [4.78, 5) is 13.7. The third-order valence-electron chi connectivity index (χ3n) is 3.31. The van der Waals surface area contributed by atoms with Gasteiger partial charge in [-0.05, 0) is 36.8 Å². The van der Waals surface area contributed by atoms with Crippen LogP contribution in [0, 0.1) is 0 Å². The van der Waals surface area contributed by atoms with Crippen molar-refractivity contribution in [3.05, 3.63) is 58.0 Å². The van der Waals surface area contributed by atoms with E-state index in [-0.39, 0.29) is 12.1 Å². The zero-order valence-electron chi connectivity index (χ0n) is 11.8. The first-order valence-electron chi connectivity index (χ1n) is 6.47. The predicted octanol–water partition coefficient (Wildman–Crippen LogP) is 4.49. The van der Waals surface area contributed by atoms with E-state index in [1.54, 1.807) is 42.5 Å². The average molecular weight is 327 g/mol. The SMILES string of the molecule is C[C@H](c1ccc(Cl)cc1Cl)N(C)C(=O)NCc1ccco1. The maximum atomic E-state index is 12.1. The summed E-state index contributed by atoms with van der Waals surface area (Å²) in [5.41, 5.74) is 0.844. The van der Waals surface area contributed by atoms with Crippen LogP contribution in [0.15, 0.2) is 41.0 Å². The topological polar surface area (TPSA) is 45.5 Å². The summed E-state index contributed by atoms with van der Waals surface area (Å²) < 4.78 is 5.17. The number of amides is 2. The molecule has 0 saturated heterocycles. The molecule has 6 heteroatoms. The number of rotatable bonds is 4. The molecule has 0 bridgehead atoms. The number of carbonyl (C=O) groups excluding carboxylic acids is 1. The zero-order chi connectivity index (χ0) is 15.4. The van der Waals surface area contributed by atoms with Crippen LogP contribution >= 0.6 is 23.2 Å². The summed E-state index contributed by atoms with van der Waals surface area (Å²) in [5.74, 6) is 0.703. The number of hydrogen-bond acceptors (Lipinski definition) is 2. The molecule has 0 aliphatic heterocycles. The number of urea groups is 1. The summed E-state index contributed by atoms with van der Waals surface area (Å²) in [6.07, 6.45) is 1.57. The van der Waals surface area contributed by atoms with Crippen molar-refractivity contribution in [3.63, 3.8) is 0 Å². The largest absolute Gasteiger partial charge is 0.467 e. The van der Waals surface area contributed by atoms with Gasteiger partial charge in [0, 0.05) is 17.1 Å². The second kappa shape index (κ2) is 6.87. The first-order valence-corrected chi connectivity index (χ1v) is 7.22. The van der Waals surface area contributed by atoms with Crippen LogP contribution in [-0.2, 0) is 6.54 Å². The van der Waals surface area contributed by atoms with Gasteiger partial charge >= 0.3 is 6.03 Å². The Hall–Kier alpha value is -1.65. The van der Waals surface area contributed by atoms with E-state index < -0.39 is 0 Å². The summed E-state index contributed by atoms with van der Waals surface area (Å²) in [6.45, 7) is 2.25. The minimum absolute atomic E-state index is 0.175. The van der Waals surface area contributed by atoms with Gasteiger partial charge in [0.25, 0.3) is 0 Å². The molecule has 1 atom stereocenters. The Morgan fingerprint density at radius 1 is 1.38 bits per heavy atom. The Labute approximate surface area is 133 Å². The Kier molecular flexibility index (Phi) is 5.15. The third kappa shape index (κ3) is 3.93. The van der Waals surface area contributed by atoms with Crippen molar-refractivity contribution in [1.29, 1.82) is 0 Å². The van der Waals surface area contributed by atoms with Gasteiger partial charge in [-0.2, -0.15) is 0 Å². The highest BCUT2D eigenvalue weighted by Gasteiger charge is 2.19. The minimum atomic E-state index is -0.204. The van der Waals surface area contributed by atoms with Crippen LogP contribution in [0.1, 0.15) is 24.3 Å². The maximum absolute atomic E-state index is 12.1. The summed E-state index contributed by atoms with van der Waals surface area (Å²) in [5, 5.41) is 3.90. The molecule has 0 spiro atoms. The highest BCUT2D eigenvalue weighted by Crippen LogP contribution is 2.29. The van der Waals surface area contributed by atoms with Crippen LogP contribution in [0.25, 0.3) is 0 Å². The lowest BCUT2D eigenvalue weighted by atomic mass is 10.1. The van der Waals surface area contributed by atoms with Crippen molar-refractivity contribution in [1.82, 2.24) is 10.2 Å². The van der Waals surface area contributed by atoms with E-state index in [1.165, 1.54) is 0 Å².